The van der Waals surface area contributed by atoms with Crippen molar-refractivity contribution in [1.82, 2.24) is 0 Å². The zero-order valence-corrected chi connectivity index (χ0v) is 11.1. The molecule has 2 aromatic rings. The van der Waals surface area contributed by atoms with Crippen molar-refractivity contribution in [3.8, 4) is 0 Å². The Morgan fingerprint density at radius 2 is 1.87 bits per heavy atom. The normalized spacial score (nSPS) is 13.0. The van der Waals surface area contributed by atoms with Crippen LogP contribution in [0, 0.1) is 0 Å². The fourth-order valence-corrected chi connectivity index (χ4v) is 2.62. The van der Waals surface area contributed by atoms with E-state index >= 15 is 0 Å². The molecule has 0 aliphatic carbocycles. The van der Waals surface area contributed by atoms with E-state index in [9.17, 15) is 5.11 Å². The minimum Gasteiger partial charge on any atom is -0.387 e. The fourth-order valence-electron chi connectivity index (χ4n) is 1.68. The first-order valence-electron chi connectivity index (χ1n) is 4.65. The second kappa shape index (κ2) is 4.64. The monoisotopic (exact) mass is 328 g/mol. The number of benzene rings is 2. The summed E-state index contributed by atoms with van der Waals surface area (Å²) in [6.07, 6.45) is -0.481. The maximum absolute atomic E-state index is 9.93. The van der Waals surface area contributed by atoms with Gasteiger partial charge in [-0.2, -0.15) is 0 Å². The smallest absolute Gasteiger partial charge is 0.0903 e. The molecule has 1 nitrogen and oxygen atoms in total. The van der Waals surface area contributed by atoms with Crippen molar-refractivity contribution in [2.75, 3.05) is 5.33 Å². The van der Waals surface area contributed by atoms with Crippen molar-refractivity contribution in [1.29, 1.82) is 0 Å². The number of alkyl halides is 1. The van der Waals surface area contributed by atoms with Crippen molar-refractivity contribution >= 4 is 42.6 Å². The molecule has 0 heterocycles. The number of rotatable bonds is 2. The van der Waals surface area contributed by atoms with E-state index in [2.05, 4.69) is 31.9 Å². The second-order valence-corrected chi connectivity index (χ2v) is 4.85. The Morgan fingerprint density at radius 1 is 1.13 bits per heavy atom. The SMILES string of the molecule is O[C@H](CBr)c1c(Br)ccc2ccccc12. The third-order valence-corrected chi connectivity index (χ3v) is 3.70. The predicted molar refractivity (Wildman–Crippen MR) is 70.4 cm³/mol. The molecule has 78 valence electrons. The van der Waals surface area contributed by atoms with Crippen LogP contribution < -0.4 is 0 Å². The van der Waals surface area contributed by atoms with Gasteiger partial charge in [0.05, 0.1) is 6.10 Å². The first-order valence-corrected chi connectivity index (χ1v) is 6.56. The van der Waals surface area contributed by atoms with Crippen LogP contribution in [0.2, 0.25) is 0 Å². The molecule has 0 aliphatic heterocycles. The molecule has 0 spiro atoms. The van der Waals surface area contributed by atoms with Crippen molar-refractivity contribution in [2.45, 2.75) is 6.10 Å². The highest BCUT2D eigenvalue weighted by Crippen LogP contribution is 2.32. The average molecular weight is 330 g/mol. The summed E-state index contributed by atoms with van der Waals surface area (Å²) in [7, 11) is 0. The lowest BCUT2D eigenvalue weighted by Crippen LogP contribution is -2.00. The highest BCUT2D eigenvalue weighted by Gasteiger charge is 2.13. The largest absolute Gasteiger partial charge is 0.387 e. The predicted octanol–water partition coefficient (Wildman–Crippen LogP) is 4.03. The number of aliphatic hydroxyl groups excluding tert-OH is 1. The van der Waals surface area contributed by atoms with Crippen LogP contribution >= 0.6 is 31.9 Å². The zero-order valence-electron chi connectivity index (χ0n) is 7.95. The Labute approximate surface area is 105 Å². The maximum atomic E-state index is 9.93. The molecule has 2 aromatic carbocycles. The first kappa shape index (κ1) is 11.1. The highest BCUT2D eigenvalue weighted by molar-refractivity contribution is 9.10. The summed E-state index contributed by atoms with van der Waals surface area (Å²) in [6, 6.07) is 12.1. The molecule has 0 aromatic heterocycles. The molecule has 0 unspecified atom stereocenters. The van der Waals surface area contributed by atoms with Crippen LogP contribution in [0.3, 0.4) is 0 Å². The standard InChI is InChI=1S/C12H10Br2O/c13-7-11(15)12-9-4-2-1-3-8(9)5-6-10(12)14/h1-6,11,15H,7H2/t11-/m1/s1. The molecule has 0 radical (unpaired) electrons. The Morgan fingerprint density at radius 3 is 2.60 bits per heavy atom. The van der Waals surface area contributed by atoms with Crippen LogP contribution in [0.15, 0.2) is 40.9 Å². The zero-order chi connectivity index (χ0) is 10.8. The van der Waals surface area contributed by atoms with Gasteiger partial charge in [-0.1, -0.05) is 62.2 Å². The molecule has 0 aliphatic rings. The van der Waals surface area contributed by atoms with Crippen LogP contribution in [0.4, 0.5) is 0 Å². The summed E-state index contributed by atoms with van der Waals surface area (Å²) >= 11 is 6.78. The molecule has 0 fully saturated rings. The van der Waals surface area contributed by atoms with E-state index in [1.165, 1.54) is 0 Å². The van der Waals surface area contributed by atoms with E-state index in [-0.39, 0.29) is 0 Å². The maximum Gasteiger partial charge on any atom is 0.0903 e. The molecular weight excluding hydrogens is 320 g/mol. The van der Waals surface area contributed by atoms with E-state index in [0.29, 0.717) is 5.33 Å². The molecule has 3 heteroatoms. The molecule has 0 saturated heterocycles. The topological polar surface area (TPSA) is 20.2 Å². The summed E-state index contributed by atoms with van der Waals surface area (Å²) in [4.78, 5) is 0. The van der Waals surface area contributed by atoms with Gasteiger partial charge in [-0.3, -0.25) is 0 Å². The lowest BCUT2D eigenvalue weighted by molar-refractivity contribution is 0.206. The number of hydrogen-bond donors (Lipinski definition) is 1. The van der Waals surface area contributed by atoms with Crippen LogP contribution in [0.5, 0.6) is 0 Å². The Hall–Kier alpha value is -0.380. The summed E-state index contributed by atoms with van der Waals surface area (Å²) in [6.45, 7) is 0. The summed E-state index contributed by atoms with van der Waals surface area (Å²) < 4.78 is 0.952. The lowest BCUT2D eigenvalue weighted by atomic mass is 10.0. The number of hydrogen-bond acceptors (Lipinski definition) is 1. The second-order valence-electron chi connectivity index (χ2n) is 3.35. The molecule has 0 bridgehead atoms. The van der Waals surface area contributed by atoms with Crippen molar-refractivity contribution in [2.24, 2.45) is 0 Å². The van der Waals surface area contributed by atoms with E-state index in [0.717, 1.165) is 20.8 Å². The van der Waals surface area contributed by atoms with E-state index in [1.807, 2.05) is 36.4 Å². The number of fused-ring (bicyclic) bond motifs is 1. The summed E-state index contributed by atoms with van der Waals surface area (Å²) in [5, 5.41) is 12.7. The van der Waals surface area contributed by atoms with Crippen molar-refractivity contribution in [3.63, 3.8) is 0 Å². The van der Waals surface area contributed by atoms with Gasteiger partial charge in [0.15, 0.2) is 0 Å². The molecule has 0 saturated carbocycles. The highest BCUT2D eigenvalue weighted by atomic mass is 79.9. The van der Waals surface area contributed by atoms with Crippen molar-refractivity contribution < 1.29 is 5.11 Å². The van der Waals surface area contributed by atoms with Gasteiger partial charge in [0, 0.05) is 15.4 Å². The minimum atomic E-state index is -0.481. The van der Waals surface area contributed by atoms with Gasteiger partial charge in [0.2, 0.25) is 0 Å². The lowest BCUT2D eigenvalue weighted by Gasteiger charge is -2.13. The number of aliphatic hydroxyl groups is 1. The first-order chi connectivity index (χ1) is 7.24. The van der Waals surface area contributed by atoms with E-state index < -0.39 is 6.10 Å². The molecule has 2 rings (SSSR count). The molecule has 15 heavy (non-hydrogen) atoms. The van der Waals surface area contributed by atoms with Crippen LogP contribution in [0.1, 0.15) is 11.7 Å². The van der Waals surface area contributed by atoms with Gasteiger partial charge >= 0.3 is 0 Å². The van der Waals surface area contributed by atoms with Gasteiger partial charge in [0.1, 0.15) is 0 Å². The summed E-state index contributed by atoms with van der Waals surface area (Å²) in [5.41, 5.74) is 0.949. The van der Waals surface area contributed by atoms with Crippen molar-refractivity contribution in [3.05, 3.63) is 46.4 Å². The fraction of sp³-hybridized carbons (Fsp3) is 0.167. The Bertz CT molecular complexity index is 482. The Kier molecular flexibility index (Phi) is 3.44. The van der Waals surface area contributed by atoms with E-state index in [4.69, 9.17) is 0 Å². The third-order valence-electron chi connectivity index (χ3n) is 2.40. The van der Waals surface area contributed by atoms with Crippen LogP contribution in [-0.2, 0) is 0 Å². The molecule has 1 N–H and O–H groups in total. The molecular formula is C12H10Br2O. The number of halogens is 2. The van der Waals surface area contributed by atoms with Gasteiger partial charge < -0.3 is 5.11 Å². The van der Waals surface area contributed by atoms with Crippen LogP contribution in [0.25, 0.3) is 10.8 Å². The van der Waals surface area contributed by atoms with Gasteiger partial charge in [0.25, 0.3) is 0 Å². The average Bonchev–Trinajstić information content (AvgIpc) is 2.28. The van der Waals surface area contributed by atoms with Crippen LogP contribution in [-0.4, -0.2) is 10.4 Å². The summed E-state index contributed by atoms with van der Waals surface area (Å²) in [5.74, 6) is 0. The Balaban J connectivity index is 2.74. The minimum absolute atomic E-state index is 0.481. The van der Waals surface area contributed by atoms with E-state index in [1.54, 1.807) is 0 Å². The van der Waals surface area contributed by atoms with Gasteiger partial charge in [-0.25, -0.2) is 0 Å². The third kappa shape index (κ3) is 2.10. The van der Waals surface area contributed by atoms with Gasteiger partial charge in [-0.05, 0) is 16.8 Å². The quantitative estimate of drug-likeness (QED) is 0.825. The van der Waals surface area contributed by atoms with Gasteiger partial charge in [-0.15, -0.1) is 0 Å². The molecule has 1 atom stereocenters. The molecule has 0 amide bonds.